The number of ketones is 1. The zero-order valence-electron chi connectivity index (χ0n) is 15.9. The Hall–Kier alpha value is -2.46. The fourth-order valence-corrected chi connectivity index (χ4v) is 3.69. The van der Waals surface area contributed by atoms with Gasteiger partial charge in [-0.05, 0) is 50.0 Å². The lowest BCUT2D eigenvalue weighted by Crippen LogP contribution is -2.31. The Balaban J connectivity index is 1.98. The second-order valence-electron chi connectivity index (χ2n) is 7.67. The first kappa shape index (κ1) is 19.3. The Bertz CT molecular complexity index is 893. The molecule has 4 heteroatoms. The van der Waals surface area contributed by atoms with Crippen LogP contribution >= 0.6 is 0 Å². The van der Waals surface area contributed by atoms with E-state index < -0.39 is 15.7 Å². The van der Waals surface area contributed by atoms with Gasteiger partial charge in [-0.2, -0.15) is 0 Å². The molecule has 0 amide bonds. The van der Waals surface area contributed by atoms with Gasteiger partial charge in [-0.25, -0.2) is 4.21 Å². The first-order valence-electron chi connectivity index (χ1n) is 9.09. The van der Waals surface area contributed by atoms with Gasteiger partial charge in [0.05, 0.1) is 4.75 Å². The van der Waals surface area contributed by atoms with Crippen molar-refractivity contribution in [3.63, 3.8) is 0 Å². The first-order valence-corrected chi connectivity index (χ1v) is 10.2. The van der Waals surface area contributed by atoms with E-state index in [1.165, 1.54) is 0 Å². The zero-order chi connectivity index (χ0) is 19.4. The molecular formula is C23H25NO2S. The molecule has 0 heterocycles. The summed E-state index contributed by atoms with van der Waals surface area (Å²) in [7, 11) is -1.27. The Labute approximate surface area is 163 Å². The van der Waals surface area contributed by atoms with Crippen LogP contribution in [0.15, 0.2) is 78.5 Å². The van der Waals surface area contributed by atoms with Crippen LogP contribution in [0.1, 0.15) is 44.2 Å². The Morgan fingerprint density at radius 3 is 2.19 bits per heavy atom. The van der Waals surface area contributed by atoms with Gasteiger partial charge in [0.2, 0.25) is 0 Å². The molecule has 2 atom stereocenters. The third-order valence-corrected chi connectivity index (χ3v) is 6.06. The molecule has 140 valence electrons. The predicted molar refractivity (Wildman–Crippen MR) is 112 cm³/mol. The van der Waals surface area contributed by atoms with E-state index in [0.717, 1.165) is 23.1 Å². The van der Waals surface area contributed by atoms with Gasteiger partial charge in [0.15, 0.2) is 5.78 Å². The van der Waals surface area contributed by atoms with E-state index in [4.69, 9.17) is 0 Å². The lowest BCUT2D eigenvalue weighted by Gasteiger charge is -2.26. The summed E-state index contributed by atoms with van der Waals surface area (Å²) in [6, 6.07) is 20.0. The minimum absolute atomic E-state index is 0.0348. The number of carbonyl (C=O) groups excluding carboxylic acids is 1. The summed E-state index contributed by atoms with van der Waals surface area (Å²) < 4.78 is 14.9. The number of hydrogen-bond acceptors (Lipinski definition) is 2. The van der Waals surface area contributed by atoms with Crippen molar-refractivity contribution in [2.24, 2.45) is 0 Å². The van der Waals surface area contributed by atoms with Gasteiger partial charge >= 0.3 is 0 Å². The Morgan fingerprint density at radius 2 is 1.59 bits per heavy atom. The van der Waals surface area contributed by atoms with E-state index in [1.807, 2.05) is 81.4 Å². The van der Waals surface area contributed by atoms with Gasteiger partial charge in [0.25, 0.3) is 0 Å². The van der Waals surface area contributed by atoms with Crippen LogP contribution in [0.25, 0.3) is 5.57 Å². The highest BCUT2D eigenvalue weighted by atomic mass is 32.2. The molecule has 0 saturated carbocycles. The summed E-state index contributed by atoms with van der Waals surface area (Å²) in [6.45, 7) is 5.71. The van der Waals surface area contributed by atoms with Crippen molar-refractivity contribution in [3.8, 4) is 0 Å². The van der Waals surface area contributed by atoms with Crippen molar-refractivity contribution < 1.29 is 9.00 Å². The summed E-state index contributed by atoms with van der Waals surface area (Å²) in [4.78, 5) is 12.9. The van der Waals surface area contributed by atoms with Crippen LogP contribution < -0.4 is 4.72 Å². The van der Waals surface area contributed by atoms with Gasteiger partial charge in [-0.3, -0.25) is 4.79 Å². The maximum absolute atomic E-state index is 12.9. The van der Waals surface area contributed by atoms with Crippen molar-refractivity contribution in [2.45, 2.75) is 37.9 Å². The Morgan fingerprint density at radius 1 is 1.00 bits per heavy atom. The highest BCUT2D eigenvalue weighted by molar-refractivity contribution is 7.84. The topological polar surface area (TPSA) is 46.2 Å². The van der Waals surface area contributed by atoms with Crippen LogP contribution in [0, 0.1) is 0 Å². The monoisotopic (exact) mass is 379 g/mol. The number of nitrogens with one attached hydrogen (secondary N) is 1. The van der Waals surface area contributed by atoms with Gasteiger partial charge in [-0.1, -0.05) is 60.7 Å². The SMILES string of the molecule is CC(C)(C)[S@](=O)N/C=C1\C(=O)C=C(c2ccccc2)C[C@@H]1c1ccccc1. The smallest absolute Gasteiger partial charge is 0.184 e. The van der Waals surface area contributed by atoms with Crippen LogP contribution in [0.5, 0.6) is 0 Å². The Kier molecular flexibility index (Phi) is 5.76. The molecule has 0 fully saturated rings. The molecule has 0 unspecified atom stereocenters. The summed E-state index contributed by atoms with van der Waals surface area (Å²) in [5.41, 5.74) is 3.83. The average molecular weight is 380 g/mol. The molecule has 1 aliphatic rings. The predicted octanol–water partition coefficient (Wildman–Crippen LogP) is 4.76. The standard InChI is InChI=1S/C23H25NO2S/c1-23(2,3)27(26)24-16-21-20(18-12-8-5-9-13-18)14-19(15-22(21)25)17-10-6-4-7-11-17/h4-13,15-16,20,24H,14H2,1-3H3/b21-16-/t20-,27+/m1/s1. The highest BCUT2D eigenvalue weighted by Crippen LogP contribution is 2.39. The molecule has 0 radical (unpaired) electrons. The van der Waals surface area contributed by atoms with E-state index in [0.29, 0.717) is 5.57 Å². The largest absolute Gasteiger partial charge is 0.311 e. The van der Waals surface area contributed by atoms with Crippen molar-refractivity contribution in [3.05, 3.63) is 89.6 Å². The van der Waals surface area contributed by atoms with Crippen molar-refractivity contribution in [1.29, 1.82) is 0 Å². The third kappa shape index (κ3) is 4.64. The number of carbonyl (C=O) groups is 1. The van der Waals surface area contributed by atoms with E-state index in [2.05, 4.69) is 4.72 Å². The van der Waals surface area contributed by atoms with Crippen molar-refractivity contribution >= 4 is 22.3 Å². The number of allylic oxidation sites excluding steroid dienone is 3. The van der Waals surface area contributed by atoms with Crippen LogP contribution in [0.4, 0.5) is 0 Å². The molecule has 3 nitrogen and oxygen atoms in total. The lowest BCUT2D eigenvalue weighted by atomic mass is 9.78. The van der Waals surface area contributed by atoms with Crippen LogP contribution in [0.3, 0.4) is 0 Å². The van der Waals surface area contributed by atoms with Gasteiger partial charge in [0, 0.05) is 17.7 Å². The molecule has 1 N–H and O–H groups in total. The minimum Gasteiger partial charge on any atom is -0.311 e. The number of hydrogen-bond donors (Lipinski definition) is 1. The molecule has 0 bridgehead atoms. The first-order chi connectivity index (χ1) is 12.9. The molecule has 2 aromatic rings. The second kappa shape index (κ2) is 8.05. The number of rotatable bonds is 4. The van der Waals surface area contributed by atoms with Gasteiger partial charge in [-0.15, -0.1) is 0 Å². The van der Waals surface area contributed by atoms with Crippen LogP contribution in [-0.2, 0) is 15.8 Å². The molecule has 0 aromatic heterocycles. The van der Waals surface area contributed by atoms with Gasteiger partial charge < -0.3 is 4.72 Å². The zero-order valence-corrected chi connectivity index (χ0v) is 16.8. The normalized spacial score (nSPS) is 20.3. The van der Waals surface area contributed by atoms with Crippen molar-refractivity contribution in [2.75, 3.05) is 0 Å². The minimum atomic E-state index is -1.27. The molecule has 0 saturated heterocycles. The summed E-state index contributed by atoms with van der Waals surface area (Å²) in [5, 5.41) is 0. The molecule has 27 heavy (non-hydrogen) atoms. The molecule has 3 rings (SSSR count). The van der Waals surface area contributed by atoms with E-state index >= 15 is 0 Å². The number of benzene rings is 2. The molecule has 0 spiro atoms. The van der Waals surface area contributed by atoms with E-state index in [1.54, 1.807) is 12.3 Å². The summed E-state index contributed by atoms with van der Waals surface area (Å²) in [5.74, 6) is -0.101. The molecule has 2 aromatic carbocycles. The maximum Gasteiger partial charge on any atom is 0.184 e. The van der Waals surface area contributed by atoms with Crippen molar-refractivity contribution in [1.82, 2.24) is 4.72 Å². The molecule has 0 aliphatic heterocycles. The highest BCUT2D eigenvalue weighted by Gasteiger charge is 2.29. The average Bonchev–Trinajstić information content (AvgIpc) is 2.67. The maximum atomic E-state index is 12.9. The third-order valence-electron chi connectivity index (χ3n) is 4.61. The molecular weight excluding hydrogens is 354 g/mol. The van der Waals surface area contributed by atoms with E-state index in [9.17, 15) is 9.00 Å². The molecule has 1 aliphatic carbocycles. The summed E-state index contributed by atoms with van der Waals surface area (Å²) in [6.07, 6.45) is 4.09. The van der Waals surface area contributed by atoms with Crippen LogP contribution in [0.2, 0.25) is 0 Å². The summed E-state index contributed by atoms with van der Waals surface area (Å²) >= 11 is 0. The quantitative estimate of drug-likeness (QED) is 0.779. The van der Waals surface area contributed by atoms with Crippen LogP contribution in [-0.4, -0.2) is 14.7 Å². The fourth-order valence-electron chi connectivity index (χ4n) is 3.10. The second-order valence-corrected chi connectivity index (χ2v) is 9.66. The lowest BCUT2D eigenvalue weighted by molar-refractivity contribution is -0.111. The van der Waals surface area contributed by atoms with E-state index in [-0.39, 0.29) is 11.7 Å². The van der Waals surface area contributed by atoms with Gasteiger partial charge in [0.1, 0.15) is 11.0 Å². The fraction of sp³-hybridized carbons (Fsp3) is 0.261.